The molecule has 0 aliphatic carbocycles. The number of carbonyl (C=O) groups is 1. The first-order valence-electron chi connectivity index (χ1n) is 5.36. The summed E-state index contributed by atoms with van der Waals surface area (Å²) in [6.45, 7) is 5.20. The van der Waals surface area contributed by atoms with Gasteiger partial charge < -0.3 is 5.32 Å². The second-order valence-electron chi connectivity index (χ2n) is 4.89. The van der Waals surface area contributed by atoms with Gasteiger partial charge in [-0.2, -0.15) is 4.36 Å². The van der Waals surface area contributed by atoms with Crippen LogP contribution in [0, 0.1) is 17.0 Å². The number of benzene rings is 1. The van der Waals surface area contributed by atoms with Gasteiger partial charge in [0.1, 0.15) is 5.69 Å². The lowest BCUT2D eigenvalue weighted by molar-refractivity contribution is -0.128. The Kier molecular flexibility index (Phi) is 4.45. The molecule has 0 bridgehead atoms. The van der Waals surface area contributed by atoms with Crippen LogP contribution in [0.1, 0.15) is 26.3 Å². The second kappa shape index (κ2) is 5.48. The average molecular weight is 272 g/mol. The molecule has 0 aliphatic heterocycles. The Hall–Kier alpha value is -1.43. The van der Waals surface area contributed by atoms with Gasteiger partial charge in [-0.1, -0.05) is 26.8 Å². The van der Waals surface area contributed by atoms with E-state index in [0.29, 0.717) is 0 Å². The largest absolute Gasteiger partial charge is 0.351 e. The molecule has 1 aromatic carbocycles. The molecular weight excluding hydrogens is 258 g/mol. The van der Waals surface area contributed by atoms with Gasteiger partial charge in [-0.15, -0.1) is 0 Å². The molecule has 0 atom stereocenters. The quantitative estimate of drug-likeness (QED) is 0.919. The molecule has 6 heteroatoms. The fraction of sp³-hybridized carbons (Fsp3) is 0.417. The number of rotatable bonds is 3. The maximum Gasteiger partial charge on any atom is 0.225 e. The van der Waals surface area contributed by atoms with Crippen LogP contribution < -0.4 is 5.32 Å². The van der Waals surface area contributed by atoms with Gasteiger partial charge in [0.25, 0.3) is 0 Å². The van der Waals surface area contributed by atoms with Crippen molar-refractivity contribution in [1.29, 1.82) is 0 Å². The van der Waals surface area contributed by atoms with E-state index in [0.717, 1.165) is 6.07 Å². The summed E-state index contributed by atoms with van der Waals surface area (Å²) >= 11 is 4.31. The molecule has 1 N–H and O–H groups in total. The second-order valence-corrected chi connectivity index (χ2v) is 5.08. The Morgan fingerprint density at radius 3 is 2.50 bits per heavy atom. The fourth-order valence-corrected chi connectivity index (χ4v) is 1.41. The van der Waals surface area contributed by atoms with E-state index in [2.05, 4.69) is 22.1 Å². The van der Waals surface area contributed by atoms with Crippen LogP contribution in [0.2, 0.25) is 0 Å². The Labute approximate surface area is 110 Å². The van der Waals surface area contributed by atoms with Gasteiger partial charge in [0, 0.05) is 29.9 Å². The zero-order valence-electron chi connectivity index (χ0n) is 10.4. The molecule has 98 valence electrons. The Morgan fingerprint density at radius 2 is 2.00 bits per heavy atom. The van der Waals surface area contributed by atoms with Crippen molar-refractivity contribution < 1.29 is 13.6 Å². The number of halogens is 2. The van der Waals surface area contributed by atoms with Gasteiger partial charge in [0.2, 0.25) is 5.91 Å². The third-order valence-corrected chi connectivity index (χ3v) is 2.54. The standard InChI is InChI=1S/C12H14F2N2OS/c1-12(2,3)11(17)15-6-7-4-5-8(13)10(16-18)9(7)14/h4-5H,6H2,1-3H3,(H,15,17). The Balaban J connectivity index is 2.87. The minimum absolute atomic E-state index is 0.0277. The van der Waals surface area contributed by atoms with E-state index in [1.807, 2.05) is 0 Å². The molecular formula is C12H14F2N2OS. The van der Waals surface area contributed by atoms with Crippen LogP contribution in [0.5, 0.6) is 0 Å². The van der Waals surface area contributed by atoms with Crippen LogP contribution in [0.3, 0.4) is 0 Å². The van der Waals surface area contributed by atoms with Crippen LogP contribution in [-0.2, 0) is 23.8 Å². The third kappa shape index (κ3) is 3.29. The summed E-state index contributed by atoms with van der Waals surface area (Å²) < 4.78 is 30.0. The first-order valence-corrected chi connectivity index (χ1v) is 5.72. The van der Waals surface area contributed by atoms with E-state index in [4.69, 9.17) is 0 Å². The van der Waals surface area contributed by atoms with Gasteiger partial charge >= 0.3 is 0 Å². The van der Waals surface area contributed by atoms with Crippen molar-refractivity contribution >= 4 is 24.0 Å². The third-order valence-electron chi connectivity index (χ3n) is 2.36. The minimum Gasteiger partial charge on any atom is -0.351 e. The SMILES string of the molecule is CC(C)(C)C(=O)NCc1ccc(F)c(N=S)c1F. The van der Waals surface area contributed by atoms with Gasteiger partial charge in [-0.3, -0.25) is 4.79 Å². The lowest BCUT2D eigenvalue weighted by Crippen LogP contribution is -2.34. The summed E-state index contributed by atoms with van der Waals surface area (Å²) in [6, 6.07) is 2.34. The van der Waals surface area contributed by atoms with Crippen molar-refractivity contribution in [1.82, 2.24) is 5.32 Å². The summed E-state index contributed by atoms with van der Waals surface area (Å²) in [5.74, 6) is -1.87. The van der Waals surface area contributed by atoms with E-state index >= 15 is 0 Å². The predicted octanol–water partition coefficient (Wildman–Crippen LogP) is 2.99. The van der Waals surface area contributed by atoms with E-state index in [-0.39, 0.29) is 18.0 Å². The van der Waals surface area contributed by atoms with Crippen molar-refractivity contribution in [3.8, 4) is 0 Å². The van der Waals surface area contributed by atoms with Crippen LogP contribution in [-0.4, -0.2) is 5.91 Å². The van der Waals surface area contributed by atoms with E-state index < -0.39 is 22.7 Å². The monoisotopic (exact) mass is 272 g/mol. The van der Waals surface area contributed by atoms with Crippen molar-refractivity contribution in [2.24, 2.45) is 9.78 Å². The van der Waals surface area contributed by atoms with Gasteiger partial charge in [0.15, 0.2) is 11.6 Å². The highest BCUT2D eigenvalue weighted by Crippen LogP contribution is 2.24. The highest BCUT2D eigenvalue weighted by molar-refractivity contribution is 7.47. The molecule has 18 heavy (non-hydrogen) atoms. The summed E-state index contributed by atoms with van der Waals surface area (Å²) in [6.07, 6.45) is 0. The van der Waals surface area contributed by atoms with Gasteiger partial charge in [0.05, 0.1) is 0 Å². The van der Waals surface area contributed by atoms with Crippen molar-refractivity contribution in [2.75, 3.05) is 0 Å². The molecule has 0 radical (unpaired) electrons. The first-order chi connectivity index (χ1) is 8.27. The molecule has 0 aliphatic rings. The number of nitrogens with zero attached hydrogens (tertiary/aromatic N) is 1. The molecule has 3 nitrogen and oxygen atoms in total. The molecule has 0 saturated carbocycles. The lowest BCUT2D eigenvalue weighted by atomic mass is 9.95. The fourth-order valence-electron chi connectivity index (χ4n) is 1.24. The van der Waals surface area contributed by atoms with Gasteiger partial charge in [-0.25, -0.2) is 8.78 Å². The molecule has 1 aromatic rings. The van der Waals surface area contributed by atoms with E-state index in [1.54, 1.807) is 20.8 Å². The normalized spacial score (nSPS) is 11.2. The van der Waals surface area contributed by atoms with E-state index in [1.165, 1.54) is 6.07 Å². The van der Waals surface area contributed by atoms with Crippen LogP contribution in [0.15, 0.2) is 16.5 Å². The zero-order valence-corrected chi connectivity index (χ0v) is 11.2. The maximum atomic E-state index is 13.7. The number of carbonyl (C=O) groups excluding carboxylic acids is 1. The number of hydrogen-bond acceptors (Lipinski definition) is 3. The Bertz CT molecular complexity index is 484. The zero-order chi connectivity index (χ0) is 13.9. The van der Waals surface area contributed by atoms with Crippen molar-refractivity contribution in [3.63, 3.8) is 0 Å². The molecule has 0 unspecified atom stereocenters. The summed E-state index contributed by atoms with van der Waals surface area (Å²) in [7, 11) is 0. The molecule has 0 saturated heterocycles. The molecule has 0 spiro atoms. The molecule has 0 fully saturated rings. The van der Waals surface area contributed by atoms with Gasteiger partial charge in [-0.05, 0) is 6.07 Å². The highest BCUT2D eigenvalue weighted by atomic mass is 32.1. The average Bonchev–Trinajstić information content (AvgIpc) is 2.27. The summed E-state index contributed by atoms with van der Waals surface area (Å²) in [5.41, 5.74) is -0.910. The molecule has 0 heterocycles. The topological polar surface area (TPSA) is 41.5 Å². The number of nitrogens with one attached hydrogen (secondary N) is 1. The highest BCUT2D eigenvalue weighted by Gasteiger charge is 2.21. The van der Waals surface area contributed by atoms with E-state index in [9.17, 15) is 13.6 Å². The smallest absolute Gasteiger partial charge is 0.225 e. The number of amides is 1. The van der Waals surface area contributed by atoms with Crippen molar-refractivity contribution in [3.05, 3.63) is 29.3 Å². The number of hydrogen-bond donors (Lipinski definition) is 1. The van der Waals surface area contributed by atoms with Crippen LogP contribution in [0.4, 0.5) is 14.5 Å². The Morgan fingerprint density at radius 1 is 1.39 bits per heavy atom. The van der Waals surface area contributed by atoms with Crippen LogP contribution in [0.25, 0.3) is 0 Å². The first kappa shape index (κ1) is 14.6. The summed E-state index contributed by atoms with van der Waals surface area (Å²) in [4.78, 5) is 11.6. The predicted molar refractivity (Wildman–Crippen MR) is 67.1 cm³/mol. The molecule has 1 rings (SSSR count). The van der Waals surface area contributed by atoms with Crippen LogP contribution >= 0.6 is 0 Å². The lowest BCUT2D eigenvalue weighted by Gasteiger charge is -2.17. The van der Waals surface area contributed by atoms with Crippen molar-refractivity contribution in [2.45, 2.75) is 27.3 Å². The molecule has 1 amide bonds. The summed E-state index contributed by atoms with van der Waals surface area (Å²) in [5, 5.41) is 2.57. The minimum atomic E-state index is -0.834. The molecule has 0 aromatic heterocycles. The maximum absolute atomic E-state index is 13.7.